The van der Waals surface area contributed by atoms with Gasteiger partial charge in [0.1, 0.15) is 5.75 Å². The van der Waals surface area contributed by atoms with Gasteiger partial charge in [0, 0.05) is 5.92 Å². The summed E-state index contributed by atoms with van der Waals surface area (Å²) in [6, 6.07) is 7.83. The first kappa shape index (κ1) is 15.0. The van der Waals surface area contributed by atoms with Crippen molar-refractivity contribution in [2.45, 2.75) is 51.0 Å². The molecule has 1 atom stereocenters. The average Bonchev–Trinajstić information content (AvgIpc) is 2.38. The van der Waals surface area contributed by atoms with Gasteiger partial charge in [-0.3, -0.25) is 0 Å². The van der Waals surface area contributed by atoms with Crippen molar-refractivity contribution in [3.8, 4) is 5.75 Å². The van der Waals surface area contributed by atoms with E-state index in [1.165, 1.54) is 0 Å². The molecule has 1 radical (unpaired) electrons. The van der Waals surface area contributed by atoms with Gasteiger partial charge in [0.05, 0.1) is 12.7 Å². The molecule has 1 aromatic carbocycles. The average molecular weight is 249 g/mol. The lowest BCUT2D eigenvalue weighted by atomic mass is 9.77. The van der Waals surface area contributed by atoms with Gasteiger partial charge in [-0.05, 0) is 37.5 Å². The van der Waals surface area contributed by atoms with Crippen molar-refractivity contribution in [3.05, 3.63) is 36.8 Å². The lowest BCUT2D eigenvalue weighted by Gasteiger charge is -2.34. The Labute approximate surface area is 111 Å². The molecule has 0 spiro atoms. The van der Waals surface area contributed by atoms with E-state index in [0.717, 1.165) is 37.0 Å². The summed E-state index contributed by atoms with van der Waals surface area (Å²) in [6.45, 7) is 8.38. The Morgan fingerprint density at radius 3 is 2.06 bits per heavy atom. The van der Waals surface area contributed by atoms with Crippen LogP contribution in [0.5, 0.6) is 5.75 Å². The van der Waals surface area contributed by atoms with Crippen LogP contribution in [0.1, 0.15) is 51.0 Å². The van der Waals surface area contributed by atoms with E-state index in [1.54, 1.807) is 7.11 Å². The quantitative estimate of drug-likeness (QED) is 0.793. The molecule has 1 N–H and O–H groups in total. The molecule has 1 rings (SSSR count). The summed E-state index contributed by atoms with van der Waals surface area (Å²) >= 11 is 0. The fourth-order valence-electron chi connectivity index (χ4n) is 2.49. The number of benzene rings is 1. The van der Waals surface area contributed by atoms with E-state index in [2.05, 4.69) is 20.8 Å². The van der Waals surface area contributed by atoms with Crippen molar-refractivity contribution in [1.29, 1.82) is 0 Å². The molecular formula is C16H25O2. The van der Waals surface area contributed by atoms with Crippen molar-refractivity contribution in [1.82, 2.24) is 0 Å². The fraction of sp³-hybridized carbons (Fsp3) is 0.562. The summed E-state index contributed by atoms with van der Waals surface area (Å²) in [7, 11) is 1.65. The molecule has 0 aliphatic heterocycles. The van der Waals surface area contributed by atoms with Gasteiger partial charge in [-0.2, -0.15) is 0 Å². The molecule has 0 heterocycles. The Bertz CT molecular complexity index is 337. The van der Waals surface area contributed by atoms with Gasteiger partial charge in [-0.15, -0.1) is 0 Å². The van der Waals surface area contributed by atoms with Gasteiger partial charge in [0.25, 0.3) is 0 Å². The highest BCUT2D eigenvalue weighted by atomic mass is 16.5. The Balaban J connectivity index is 2.90. The maximum atomic E-state index is 10.8. The molecule has 1 unspecified atom stereocenters. The second-order valence-corrected chi connectivity index (χ2v) is 4.93. The maximum absolute atomic E-state index is 10.8. The van der Waals surface area contributed by atoms with Gasteiger partial charge in [0.15, 0.2) is 0 Å². The van der Waals surface area contributed by atoms with Crippen LogP contribution in [0.3, 0.4) is 0 Å². The van der Waals surface area contributed by atoms with E-state index in [1.807, 2.05) is 24.3 Å². The lowest BCUT2D eigenvalue weighted by molar-refractivity contribution is 0.00642. The molecular weight excluding hydrogens is 224 g/mol. The minimum atomic E-state index is -0.696. The minimum Gasteiger partial charge on any atom is -0.497 e. The Kier molecular flexibility index (Phi) is 5.67. The van der Waals surface area contributed by atoms with Gasteiger partial charge in [0.2, 0.25) is 0 Å². The SMILES string of the molecule is [CH2]C(c1ccc(OC)cc1)C(O)(CCC)CCC. The molecule has 0 saturated heterocycles. The summed E-state index contributed by atoms with van der Waals surface area (Å²) in [4.78, 5) is 0. The molecule has 1 aromatic rings. The van der Waals surface area contributed by atoms with Gasteiger partial charge < -0.3 is 9.84 Å². The highest BCUT2D eigenvalue weighted by molar-refractivity contribution is 5.31. The predicted molar refractivity (Wildman–Crippen MR) is 75.9 cm³/mol. The largest absolute Gasteiger partial charge is 0.497 e. The molecule has 0 amide bonds. The Morgan fingerprint density at radius 2 is 1.67 bits per heavy atom. The van der Waals surface area contributed by atoms with Crippen LogP contribution >= 0.6 is 0 Å². The van der Waals surface area contributed by atoms with Gasteiger partial charge in [-0.25, -0.2) is 0 Å². The van der Waals surface area contributed by atoms with Crippen molar-refractivity contribution < 1.29 is 9.84 Å². The molecule has 0 saturated carbocycles. The van der Waals surface area contributed by atoms with Crippen LogP contribution in [0.4, 0.5) is 0 Å². The van der Waals surface area contributed by atoms with E-state index in [0.29, 0.717) is 0 Å². The van der Waals surface area contributed by atoms with Crippen LogP contribution in [0, 0.1) is 6.92 Å². The smallest absolute Gasteiger partial charge is 0.118 e. The molecule has 0 aromatic heterocycles. The van der Waals surface area contributed by atoms with E-state index in [9.17, 15) is 5.11 Å². The van der Waals surface area contributed by atoms with E-state index >= 15 is 0 Å². The third-order valence-corrected chi connectivity index (χ3v) is 3.53. The highest BCUT2D eigenvalue weighted by Gasteiger charge is 2.32. The number of hydrogen-bond acceptors (Lipinski definition) is 2. The predicted octanol–water partition coefficient (Wildman–Crippen LogP) is 3.94. The highest BCUT2D eigenvalue weighted by Crippen LogP contribution is 2.35. The summed E-state index contributed by atoms with van der Waals surface area (Å²) in [5.74, 6) is 0.740. The molecule has 101 valence electrons. The van der Waals surface area contributed by atoms with E-state index < -0.39 is 5.60 Å². The molecule has 0 aliphatic carbocycles. The zero-order valence-corrected chi connectivity index (χ0v) is 11.8. The third-order valence-electron chi connectivity index (χ3n) is 3.53. The third kappa shape index (κ3) is 3.49. The fourth-order valence-corrected chi connectivity index (χ4v) is 2.49. The van der Waals surface area contributed by atoms with Crippen molar-refractivity contribution in [3.63, 3.8) is 0 Å². The second kappa shape index (κ2) is 6.79. The molecule has 0 aliphatic rings. The van der Waals surface area contributed by atoms with E-state index in [-0.39, 0.29) is 5.92 Å². The number of hydrogen-bond donors (Lipinski definition) is 1. The monoisotopic (exact) mass is 249 g/mol. The van der Waals surface area contributed by atoms with Crippen molar-refractivity contribution in [2.75, 3.05) is 7.11 Å². The van der Waals surface area contributed by atoms with E-state index in [4.69, 9.17) is 4.74 Å². The van der Waals surface area contributed by atoms with Crippen LogP contribution in [0.25, 0.3) is 0 Å². The Hall–Kier alpha value is -1.02. The Morgan fingerprint density at radius 1 is 1.17 bits per heavy atom. The molecule has 0 fully saturated rings. The standard InChI is InChI=1S/C16H25O2/c1-5-11-16(17,12-6-2)13(3)14-7-9-15(18-4)10-8-14/h7-10,13,17H,3,5-6,11-12H2,1-2,4H3. The summed E-state index contributed by atoms with van der Waals surface area (Å²) in [6.07, 6.45) is 3.53. The topological polar surface area (TPSA) is 29.5 Å². The zero-order chi connectivity index (χ0) is 13.6. The minimum absolute atomic E-state index is 0.0942. The molecule has 18 heavy (non-hydrogen) atoms. The normalized spacial score (nSPS) is 13.4. The van der Waals surface area contributed by atoms with Crippen LogP contribution in [0.2, 0.25) is 0 Å². The van der Waals surface area contributed by atoms with Crippen LogP contribution < -0.4 is 4.74 Å². The first-order valence-corrected chi connectivity index (χ1v) is 6.76. The van der Waals surface area contributed by atoms with Gasteiger partial charge in [-0.1, -0.05) is 38.8 Å². The van der Waals surface area contributed by atoms with Crippen LogP contribution in [0.15, 0.2) is 24.3 Å². The van der Waals surface area contributed by atoms with Crippen LogP contribution in [-0.4, -0.2) is 17.8 Å². The molecule has 0 bridgehead atoms. The first-order chi connectivity index (χ1) is 8.57. The zero-order valence-electron chi connectivity index (χ0n) is 11.8. The summed E-state index contributed by atoms with van der Waals surface area (Å²) in [5.41, 5.74) is 0.373. The maximum Gasteiger partial charge on any atom is 0.118 e. The second-order valence-electron chi connectivity index (χ2n) is 4.93. The number of methoxy groups -OCH3 is 1. The van der Waals surface area contributed by atoms with Crippen LogP contribution in [-0.2, 0) is 0 Å². The number of ether oxygens (including phenoxy) is 1. The number of aliphatic hydroxyl groups is 1. The van der Waals surface area contributed by atoms with Crippen molar-refractivity contribution in [2.24, 2.45) is 0 Å². The first-order valence-electron chi connectivity index (χ1n) is 6.76. The lowest BCUT2D eigenvalue weighted by Crippen LogP contribution is -2.34. The van der Waals surface area contributed by atoms with Gasteiger partial charge >= 0.3 is 0 Å². The number of rotatable bonds is 7. The molecule has 2 heteroatoms. The summed E-state index contributed by atoms with van der Waals surface area (Å²) < 4.78 is 5.15. The molecule has 2 nitrogen and oxygen atoms in total. The van der Waals surface area contributed by atoms with Crippen molar-refractivity contribution >= 4 is 0 Å². The summed E-state index contributed by atoms with van der Waals surface area (Å²) in [5, 5.41) is 10.8.